The molecule has 2 aromatic heterocycles. The first kappa shape index (κ1) is 19.8. The number of aromatic nitrogens is 3. The monoisotopic (exact) mass is 422 g/mol. The van der Waals surface area contributed by atoms with E-state index in [0.29, 0.717) is 23.3 Å². The van der Waals surface area contributed by atoms with E-state index < -0.39 is 0 Å². The SMILES string of the molecule is Cc1ccc2c(c1)c1ncn(Cc3ccccc3)c(=O)c1n2CC(=O)Nc1ccccc1. The summed E-state index contributed by atoms with van der Waals surface area (Å²) in [5.41, 5.74) is 4.50. The molecule has 0 bridgehead atoms. The summed E-state index contributed by atoms with van der Waals surface area (Å²) in [5, 5.41) is 3.78. The van der Waals surface area contributed by atoms with Crippen LogP contribution in [0.2, 0.25) is 0 Å². The van der Waals surface area contributed by atoms with Gasteiger partial charge in [0, 0.05) is 11.1 Å². The number of fused-ring (bicyclic) bond motifs is 3. The lowest BCUT2D eigenvalue weighted by molar-refractivity contribution is -0.116. The highest BCUT2D eigenvalue weighted by Crippen LogP contribution is 2.26. The van der Waals surface area contributed by atoms with Gasteiger partial charge in [-0.2, -0.15) is 0 Å². The number of aryl methyl sites for hydroxylation is 1. The molecule has 0 unspecified atom stereocenters. The summed E-state index contributed by atoms with van der Waals surface area (Å²) in [6.45, 7) is 2.44. The molecule has 158 valence electrons. The number of nitrogens with zero attached hydrogens (tertiary/aromatic N) is 3. The summed E-state index contributed by atoms with van der Waals surface area (Å²) in [6.07, 6.45) is 1.59. The number of nitrogens with one attached hydrogen (secondary N) is 1. The van der Waals surface area contributed by atoms with E-state index in [2.05, 4.69) is 10.3 Å². The maximum atomic E-state index is 13.5. The van der Waals surface area contributed by atoms with Gasteiger partial charge in [0.2, 0.25) is 5.91 Å². The lowest BCUT2D eigenvalue weighted by atomic mass is 10.1. The van der Waals surface area contributed by atoms with Crippen molar-refractivity contribution < 1.29 is 4.79 Å². The average molecular weight is 422 g/mol. The molecule has 0 atom stereocenters. The number of para-hydroxylation sites is 1. The van der Waals surface area contributed by atoms with Crippen molar-refractivity contribution in [3.8, 4) is 0 Å². The van der Waals surface area contributed by atoms with Gasteiger partial charge in [-0.25, -0.2) is 4.98 Å². The second-order valence-electron chi connectivity index (χ2n) is 7.88. The predicted molar refractivity (Wildman–Crippen MR) is 127 cm³/mol. The zero-order valence-electron chi connectivity index (χ0n) is 17.7. The topological polar surface area (TPSA) is 68.9 Å². The molecule has 1 amide bonds. The van der Waals surface area contributed by atoms with E-state index in [9.17, 15) is 9.59 Å². The number of anilines is 1. The number of hydrogen-bond donors (Lipinski definition) is 1. The molecule has 5 aromatic rings. The molecular formula is C26H22N4O2. The Kier molecular flexibility index (Phi) is 5.03. The van der Waals surface area contributed by atoms with Gasteiger partial charge in [0.1, 0.15) is 17.6 Å². The summed E-state index contributed by atoms with van der Waals surface area (Å²) in [4.78, 5) is 31.0. The van der Waals surface area contributed by atoms with Crippen molar-refractivity contribution in [1.29, 1.82) is 0 Å². The molecule has 3 aromatic carbocycles. The smallest absolute Gasteiger partial charge is 0.278 e. The van der Waals surface area contributed by atoms with Crippen LogP contribution in [-0.4, -0.2) is 20.0 Å². The molecule has 0 spiro atoms. The highest BCUT2D eigenvalue weighted by atomic mass is 16.2. The van der Waals surface area contributed by atoms with Gasteiger partial charge >= 0.3 is 0 Å². The first-order valence-electron chi connectivity index (χ1n) is 10.5. The lowest BCUT2D eigenvalue weighted by Crippen LogP contribution is -2.25. The predicted octanol–water partition coefficient (Wildman–Crippen LogP) is 4.35. The van der Waals surface area contributed by atoms with Crippen LogP contribution in [0.1, 0.15) is 11.1 Å². The maximum absolute atomic E-state index is 13.5. The fraction of sp³-hybridized carbons (Fsp3) is 0.115. The van der Waals surface area contributed by atoms with Crippen LogP contribution in [0.5, 0.6) is 0 Å². The summed E-state index contributed by atoms with van der Waals surface area (Å²) >= 11 is 0. The van der Waals surface area contributed by atoms with Crippen LogP contribution < -0.4 is 10.9 Å². The van der Waals surface area contributed by atoms with Gasteiger partial charge < -0.3 is 9.88 Å². The van der Waals surface area contributed by atoms with E-state index in [4.69, 9.17) is 0 Å². The number of carbonyl (C=O) groups excluding carboxylic acids is 1. The van der Waals surface area contributed by atoms with E-state index in [1.807, 2.05) is 85.8 Å². The number of rotatable bonds is 5. The van der Waals surface area contributed by atoms with E-state index in [1.54, 1.807) is 15.5 Å². The molecule has 0 radical (unpaired) electrons. The molecular weight excluding hydrogens is 400 g/mol. The Labute approximate surface area is 184 Å². The minimum Gasteiger partial charge on any atom is -0.325 e. The zero-order valence-corrected chi connectivity index (χ0v) is 17.7. The minimum absolute atomic E-state index is 0.0181. The van der Waals surface area contributed by atoms with Crippen LogP contribution in [0.3, 0.4) is 0 Å². The van der Waals surface area contributed by atoms with Crippen molar-refractivity contribution in [2.75, 3.05) is 5.32 Å². The van der Waals surface area contributed by atoms with E-state index in [-0.39, 0.29) is 18.0 Å². The molecule has 0 aliphatic carbocycles. The average Bonchev–Trinajstić information content (AvgIpc) is 3.10. The van der Waals surface area contributed by atoms with E-state index in [1.165, 1.54) is 0 Å². The Morgan fingerprint density at radius 3 is 2.44 bits per heavy atom. The Balaban J connectivity index is 1.62. The van der Waals surface area contributed by atoms with Crippen LogP contribution in [0.4, 0.5) is 5.69 Å². The number of benzene rings is 3. The van der Waals surface area contributed by atoms with Crippen molar-refractivity contribution in [3.63, 3.8) is 0 Å². The van der Waals surface area contributed by atoms with Crippen molar-refractivity contribution in [2.45, 2.75) is 20.0 Å². The molecule has 0 saturated carbocycles. The summed E-state index contributed by atoms with van der Waals surface area (Å²) in [7, 11) is 0. The summed E-state index contributed by atoms with van der Waals surface area (Å²) in [5.74, 6) is -0.201. The van der Waals surface area contributed by atoms with Crippen molar-refractivity contribution in [2.24, 2.45) is 0 Å². The Bertz CT molecular complexity index is 1490. The molecule has 6 heteroatoms. The van der Waals surface area contributed by atoms with Crippen molar-refractivity contribution in [3.05, 3.63) is 107 Å². The molecule has 0 aliphatic rings. The van der Waals surface area contributed by atoms with Crippen molar-refractivity contribution >= 4 is 33.5 Å². The van der Waals surface area contributed by atoms with Gasteiger partial charge in [-0.1, -0.05) is 60.2 Å². The summed E-state index contributed by atoms with van der Waals surface area (Å²) < 4.78 is 3.37. The number of amides is 1. The fourth-order valence-electron chi connectivity index (χ4n) is 4.04. The second kappa shape index (κ2) is 8.15. The molecule has 6 nitrogen and oxygen atoms in total. The van der Waals surface area contributed by atoms with Gasteiger partial charge in [0.25, 0.3) is 5.56 Å². The van der Waals surface area contributed by atoms with E-state index >= 15 is 0 Å². The Morgan fingerprint density at radius 2 is 1.69 bits per heavy atom. The third-order valence-corrected chi connectivity index (χ3v) is 5.54. The van der Waals surface area contributed by atoms with Crippen LogP contribution in [0.15, 0.2) is 90.0 Å². The largest absolute Gasteiger partial charge is 0.325 e. The maximum Gasteiger partial charge on any atom is 0.278 e. The molecule has 32 heavy (non-hydrogen) atoms. The van der Waals surface area contributed by atoms with Crippen LogP contribution in [0, 0.1) is 6.92 Å². The molecule has 0 aliphatic heterocycles. The normalized spacial score (nSPS) is 11.2. The standard InChI is InChI=1S/C26H22N4O2/c1-18-12-13-22-21(14-18)24-25(30(22)16-23(31)28-20-10-6-3-7-11-20)26(32)29(17-27-24)15-19-8-4-2-5-9-19/h2-14,17H,15-16H2,1H3,(H,28,31). The first-order chi connectivity index (χ1) is 15.6. The number of carbonyl (C=O) groups is 1. The number of hydrogen-bond acceptors (Lipinski definition) is 3. The summed E-state index contributed by atoms with van der Waals surface area (Å²) in [6, 6.07) is 25.0. The van der Waals surface area contributed by atoms with Gasteiger partial charge in [-0.05, 0) is 36.8 Å². The van der Waals surface area contributed by atoms with Crippen LogP contribution >= 0.6 is 0 Å². The lowest BCUT2D eigenvalue weighted by Gasteiger charge is -2.10. The Hall–Kier alpha value is -4.19. The highest BCUT2D eigenvalue weighted by molar-refractivity contribution is 6.06. The van der Waals surface area contributed by atoms with Crippen LogP contribution in [-0.2, 0) is 17.9 Å². The fourth-order valence-corrected chi connectivity index (χ4v) is 4.04. The molecule has 1 N–H and O–H groups in total. The minimum atomic E-state index is -0.201. The van der Waals surface area contributed by atoms with Gasteiger partial charge in [0.05, 0.1) is 18.4 Å². The van der Waals surface area contributed by atoms with Gasteiger partial charge in [-0.15, -0.1) is 0 Å². The molecule has 0 fully saturated rings. The molecule has 5 rings (SSSR count). The van der Waals surface area contributed by atoms with Gasteiger partial charge in [0.15, 0.2) is 0 Å². The van der Waals surface area contributed by atoms with Crippen LogP contribution in [0.25, 0.3) is 21.9 Å². The zero-order chi connectivity index (χ0) is 22.1. The highest BCUT2D eigenvalue weighted by Gasteiger charge is 2.18. The van der Waals surface area contributed by atoms with Crippen molar-refractivity contribution in [1.82, 2.24) is 14.1 Å². The quantitative estimate of drug-likeness (QED) is 0.458. The molecule has 0 saturated heterocycles. The van der Waals surface area contributed by atoms with Gasteiger partial charge in [-0.3, -0.25) is 14.2 Å². The third-order valence-electron chi connectivity index (χ3n) is 5.54. The third kappa shape index (κ3) is 3.67. The second-order valence-corrected chi connectivity index (χ2v) is 7.88. The molecule has 2 heterocycles. The Morgan fingerprint density at radius 1 is 0.969 bits per heavy atom. The first-order valence-corrected chi connectivity index (χ1v) is 10.5. The van der Waals surface area contributed by atoms with E-state index in [0.717, 1.165) is 22.0 Å².